The zero-order valence-corrected chi connectivity index (χ0v) is 15.2. The van der Waals surface area contributed by atoms with Crippen LogP contribution < -0.4 is 10.2 Å². The third-order valence-electron chi connectivity index (χ3n) is 4.33. The van der Waals surface area contributed by atoms with E-state index in [0.29, 0.717) is 24.2 Å². The molecule has 1 N–H and O–H groups in total. The maximum atomic E-state index is 13.1. The number of aliphatic imine (C=N–C) groups is 1. The third-order valence-corrected chi connectivity index (χ3v) is 5.54. The second-order valence-electron chi connectivity index (χ2n) is 6.23. The van der Waals surface area contributed by atoms with Gasteiger partial charge in [0.1, 0.15) is 24.4 Å². The Balaban J connectivity index is 1.40. The summed E-state index contributed by atoms with van der Waals surface area (Å²) in [6, 6.07) is 15.2. The van der Waals surface area contributed by atoms with E-state index in [4.69, 9.17) is 0 Å². The highest BCUT2D eigenvalue weighted by molar-refractivity contribution is 8.15. The summed E-state index contributed by atoms with van der Waals surface area (Å²) in [6.45, 7) is 0.730. The van der Waals surface area contributed by atoms with Crippen molar-refractivity contribution >= 4 is 40.1 Å². The van der Waals surface area contributed by atoms with Gasteiger partial charge in [0, 0.05) is 17.8 Å². The molecule has 0 bridgehead atoms. The van der Waals surface area contributed by atoms with Gasteiger partial charge < -0.3 is 10.2 Å². The largest absolute Gasteiger partial charge is 0.334 e. The molecule has 6 nitrogen and oxygen atoms in total. The molecule has 1 saturated heterocycles. The zero-order valence-electron chi connectivity index (χ0n) is 14.3. The van der Waals surface area contributed by atoms with Crippen LogP contribution in [0.4, 0.5) is 15.8 Å². The summed E-state index contributed by atoms with van der Waals surface area (Å²) in [6.07, 6.45) is 0.0878. The molecule has 4 rings (SSSR count). The molecule has 2 amide bonds. The van der Waals surface area contributed by atoms with Crippen LogP contribution in [0, 0.1) is 5.82 Å². The fraction of sp³-hybridized carbons (Fsp3) is 0.211. The van der Waals surface area contributed by atoms with Gasteiger partial charge in [-0.15, -0.1) is 0 Å². The van der Waals surface area contributed by atoms with Crippen LogP contribution in [0.3, 0.4) is 0 Å². The Morgan fingerprint density at radius 2 is 1.93 bits per heavy atom. The van der Waals surface area contributed by atoms with E-state index in [1.807, 2.05) is 23.1 Å². The number of nitrogens with zero attached hydrogens (tertiary/aromatic N) is 3. The highest BCUT2D eigenvalue weighted by Gasteiger charge is 2.41. The smallest absolute Gasteiger partial charge is 0.244 e. The van der Waals surface area contributed by atoms with Crippen LogP contribution in [0.5, 0.6) is 0 Å². The Labute approximate surface area is 160 Å². The average Bonchev–Trinajstić information content (AvgIpc) is 2.98. The summed E-state index contributed by atoms with van der Waals surface area (Å²) >= 11 is 1.32. The number of fused-ring (bicyclic) bond motifs is 1. The van der Waals surface area contributed by atoms with Gasteiger partial charge in [-0.2, -0.15) is 0 Å². The van der Waals surface area contributed by atoms with E-state index in [9.17, 15) is 14.0 Å². The Morgan fingerprint density at radius 3 is 2.67 bits per heavy atom. The summed E-state index contributed by atoms with van der Waals surface area (Å²) < 4.78 is 13.1. The molecule has 8 heteroatoms. The Kier molecular flexibility index (Phi) is 4.81. The number of amides is 2. The minimum absolute atomic E-state index is 0.0878. The van der Waals surface area contributed by atoms with Crippen molar-refractivity contribution in [2.75, 3.05) is 23.6 Å². The Morgan fingerprint density at radius 1 is 1.19 bits per heavy atom. The van der Waals surface area contributed by atoms with Crippen LogP contribution in [-0.2, 0) is 9.59 Å². The Bertz CT molecular complexity index is 888. The normalized spacial score (nSPS) is 18.9. The van der Waals surface area contributed by atoms with Gasteiger partial charge in [0.2, 0.25) is 11.8 Å². The predicted molar refractivity (Wildman–Crippen MR) is 104 cm³/mol. The summed E-state index contributed by atoms with van der Waals surface area (Å²) in [7, 11) is 0. The third kappa shape index (κ3) is 3.80. The Hall–Kier alpha value is -2.87. The molecule has 2 heterocycles. The van der Waals surface area contributed by atoms with Gasteiger partial charge in [-0.3, -0.25) is 14.5 Å². The lowest BCUT2D eigenvalue weighted by Crippen LogP contribution is -2.46. The van der Waals surface area contributed by atoms with Crippen LogP contribution >= 0.6 is 11.8 Å². The molecule has 2 aromatic rings. The molecule has 1 fully saturated rings. The molecule has 0 spiro atoms. The molecule has 0 unspecified atom stereocenters. The number of para-hydroxylation sites is 1. The van der Waals surface area contributed by atoms with E-state index >= 15 is 0 Å². The van der Waals surface area contributed by atoms with Gasteiger partial charge in [-0.05, 0) is 36.4 Å². The average molecular weight is 384 g/mol. The van der Waals surface area contributed by atoms with Gasteiger partial charge in [-0.25, -0.2) is 9.38 Å². The number of anilines is 2. The van der Waals surface area contributed by atoms with Crippen molar-refractivity contribution in [3.63, 3.8) is 0 Å². The lowest BCUT2D eigenvalue weighted by atomic mass is 10.2. The van der Waals surface area contributed by atoms with Crippen molar-refractivity contribution in [2.24, 2.45) is 4.99 Å². The molecule has 2 aliphatic rings. The lowest BCUT2D eigenvalue weighted by molar-refractivity contribution is -0.128. The summed E-state index contributed by atoms with van der Waals surface area (Å²) in [5.74, 6) is -0.645. The molecule has 138 valence electrons. The van der Waals surface area contributed by atoms with Gasteiger partial charge >= 0.3 is 0 Å². The molecule has 0 aromatic heterocycles. The molecule has 1 atom stereocenters. The molecular weight excluding hydrogens is 367 g/mol. The number of amidine groups is 1. The van der Waals surface area contributed by atoms with E-state index in [2.05, 4.69) is 10.3 Å². The first-order valence-corrected chi connectivity index (χ1v) is 9.36. The zero-order chi connectivity index (χ0) is 18.8. The molecule has 27 heavy (non-hydrogen) atoms. The summed E-state index contributed by atoms with van der Waals surface area (Å²) in [4.78, 5) is 32.9. The topological polar surface area (TPSA) is 65.0 Å². The van der Waals surface area contributed by atoms with Gasteiger partial charge in [0.25, 0.3) is 0 Å². The molecule has 0 saturated carbocycles. The van der Waals surface area contributed by atoms with Gasteiger partial charge in [-0.1, -0.05) is 30.0 Å². The first-order valence-electron chi connectivity index (χ1n) is 8.48. The fourth-order valence-corrected chi connectivity index (χ4v) is 4.09. The van der Waals surface area contributed by atoms with E-state index in [0.717, 1.165) is 5.69 Å². The van der Waals surface area contributed by atoms with E-state index in [1.54, 1.807) is 29.2 Å². The van der Waals surface area contributed by atoms with E-state index in [1.165, 1.54) is 23.9 Å². The van der Waals surface area contributed by atoms with E-state index in [-0.39, 0.29) is 24.1 Å². The lowest BCUT2D eigenvalue weighted by Gasteiger charge is -2.32. The maximum Gasteiger partial charge on any atom is 0.244 e. The van der Waals surface area contributed by atoms with Crippen LogP contribution in [0.15, 0.2) is 59.6 Å². The van der Waals surface area contributed by atoms with Crippen molar-refractivity contribution in [1.82, 2.24) is 4.90 Å². The molecule has 2 aliphatic heterocycles. The standard InChI is InChI=1S/C19H17FN4O2S/c20-13-6-8-15(9-7-13)23-11-21-19-24(12-23)18(26)16(27-19)10-17(25)22-14-4-2-1-3-5-14/h1-9,16H,10-12H2,(H,22,25)/t16-/m1/s1. The SMILES string of the molecule is O=C(C[C@H]1SC2=NCN(c3ccc(F)cc3)CN2C1=O)Nc1ccccc1. The van der Waals surface area contributed by atoms with Crippen LogP contribution in [-0.4, -0.2) is 40.5 Å². The monoisotopic (exact) mass is 384 g/mol. The number of hydrogen-bond donors (Lipinski definition) is 1. The van der Waals surface area contributed by atoms with Crippen LogP contribution in [0.25, 0.3) is 0 Å². The summed E-state index contributed by atoms with van der Waals surface area (Å²) in [5, 5.41) is 2.95. The summed E-state index contributed by atoms with van der Waals surface area (Å²) in [5.41, 5.74) is 1.50. The molecule has 2 aromatic carbocycles. The highest BCUT2D eigenvalue weighted by Crippen LogP contribution is 2.33. The van der Waals surface area contributed by atoms with E-state index < -0.39 is 5.25 Å². The minimum atomic E-state index is -0.486. The first-order chi connectivity index (χ1) is 13.1. The predicted octanol–water partition coefficient (Wildman–Crippen LogP) is 2.89. The van der Waals surface area contributed by atoms with Gasteiger partial charge in [0.15, 0.2) is 5.17 Å². The second-order valence-corrected chi connectivity index (χ2v) is 7.40. The highest BCUT2D eigenvalue weighted by atomic mass is 32.2. The number of benzene rings is 2. The fourth-order valence-electron chi connectivity index (χ4n) is 2.97. The van der Waals surface area contributed by atoms with Crippen molar-refractivity contribution in [3.8, 4) is 0 Å². The number of thioether (sulfide) groups is 1. The molecule has 0 radical (unpaired) electrons. The van der Waals surface area contributed by atoms with Crippen LogP contribution in [0.2, 0.25) is 0 Å². The number of rotatable bonds is 4. The maximum absolute atomic E-state index is 13.1. The van der Waals surface area contributed by atoms with Gasteiger partial charge in [0.05, 0.1) is 0 Å². The number of carbonyl (C=O) groups excluding carboxylic acids is 2. The van der Waals surface area contributed by atoms with Crippen molar-refractivity contribution in [3.05, 3.63) is 60.4 Å². The molecule has 0 aliphatic carbocycles. The number of halogens is 1. The molecular formula is C19H17FN4O2S. The van der Waals surface area contributed by atoms with Crippen molar-refractivity contribution in [1.29, 1.82) is 0 Å². The quantitative estimate of drug-likeness (QED) is 0.880. The second kappa shape index (κ2) is 7.40. The first kappa shape index (κ1) is 17.5. The number of nitrogens with one attached hydrogen (secondary N) is 1. The number of hydrogen-bond acceptors (Lipinski definition) is 5. The number of carbonyl (C=O) groups is 2. The van der Waals surface area contributed by atoms with Crippen molar-refractivity contribution in [2.45, 2.75) is 11.7 Å². The van der Waals surface area contributed by atoms with Crippen molar-refractivity contribution < 1.29 is 14.0 Å². The minimum Gasteiger partial charge on any atom is -0.334 e. The van der Waals surface area contributed by atoms with Crippen LogP contribution in [0.1, 0.15) is 6.42 Å².